The van der Waals surface area contributed by atoms with Crippen molar-refractivity contribution in [2.24, 2.45) is 5.73 Å². The van der Waals surface area contributed by atoms with Gasteiger partial charge >= 0.3 is 0 Å². The van der Waals surface area contributed by atoms with E-state index in [4.69, 9.17) is 22.1 Å². The van der Waals surface area contributed by atoms with Crippen LogP contribution in [-0.2, 0) is 6.42 Å². The average molecular weight is 274 g/mol. The van der Waals surface area contributed by atoms with Crippen LogP contribution in [0.15, 0.2) is 18.2 Å². The molecule has 0 radical (unpaired) electrons. The number of nitrogens with two attached hydrogens (primary N) is 1. The summed E-state index contributed by atoms with van der Waals surface area (Å²) in [5, 5.41) is 0.753. The highest BCUT2D eigenvalue weighted by Crippen LogP contribution is 2.43. The van der Waals surface area contributed by atoms with Gasteiger partial charge in [0.2, 0.25) is 0 Å². The lowest BCUT2D eigenvalue weighted by molar-refractivity contribution is 0.0474. The second-order valence-corrected chi connectivity index (χ2v) is 5.49. The van der Waals surface area contributed by atoms with E-state index >= 15 is 0 Å². The fraction of sp³-hybridized carbons (Fsp3) is 0.538. The van der Waals surface area contributed by atoms with Crippen LogP contribution in [0.1, 0.15) is 31.2 Å². The van der Waals surface area contributed by atoms with Crippen molar-refractivity contribution in [1.29, 1.82) is 0 Å². The zero-order valence-corrected chi connectivity index (χ0v) is 11.2. The SMILES string of the molecule is Cl.NC1CCC2(CC1)Cc1ccc(Cl)cc1O2. The molecule has 0 bridgehead atoms. The van der Waals surface area contributed by atoms with Gasteiger partial charge in [0, 0.05) is 17.5 Å². The summed E-state index contributed by atoms with van der Waals surface area (Å²) in [7, 11) is 0. The van der Waals surface area contributed by atoms with E-state index in [2.05, 4.69) is 6.07 Å². The van der Waals surface area contributed by atoms with Crippen LogP contribution in [0.4, 0.5) is 0 Å². The highest BCUT2D eigenvalue weighted by molar-refractivity contribution is 6.30. The van der Waals surface area contributed by atoms with Crippen molar-refractivity contribution in [3.05, 3.63) is 28.8 Å². The molecule has 17 heavy (non-hydrogen) atoms. The molecule has 0 aromatic heterocycles. The summed E-state index contributed by atoms with van der Waals surface area (Å²) in [4.78, 5) is 0. The van der Waals surface area contributed by atoms with E-state index < -0.39 is 0 Å². The number of benzene rings is 1. The molecule has 1 aromatic carbocycles. The highest BCUT2D eigenvalue weighted by Gasteiger charge is 2.41. The monoisotopic (exact) mass is 273 g/mol. The first-order valence-corrected chi connectivity index (χ1v) is 6.28. The normalized spacial score (nSPS) is 30.6. The molecule has 3 rings (SSSR count). The van der Waals surface area contributed by atoms with E-state index in [1.807, 2.05) is 12.1 Å². The Morgan fingerprint density at radius 1 is 1.29 bits per heavy atom. The molecule has 2 nitrogen and oxygen atoms in total. The first-order valence-electron chi connectivity index (χ1n) is 5.90. The Morgan fingerprint density at radius 3 is 2.71 bits per heavy atom. The second kappa shape index (κ2) is 4.68. The molecule has 4 heteroatoms. The number of hydrogen-bond acceptors (Lipinski definition) is 2. The number of rotatable bonds is 0. The lowest BCUT2D eigenvalue weighted by Gasteiger charge is -2.35. The lowest BCUT2D eigenvalue weighted by Crippen LogP contribution is -2.42. The van der Waals surface area contributed by atoms with Crippen LogP contribution in [0.2, 0.25) is 5.02 Å². The molecule has 94 valence electrons. The maximum atomic E-state index is 6.12. The van der Waals surface area contributed by atoms with Crippen LogP contribution >= 0.6 is 24.0 Å². The standard InChI is InChI=1S/C13H16ClNO.ClH/c14-10-2-1-9-8-13(16-12(9)7-10)5-3-11(15)4-6-13;/h1-2,7,11H,3-6,8,15H2;1H. The van der Waals surface area contributed by atoms with Gasteiger partial charge in [0.25, 0.3) is 0 Å². The molecule has 1 saturated carbocycles. The molecule has 1 aliphatic carbocycles. The van der Waals surface area contributed by atoms with Crippen LogP contribution in [0.25, 0.3) is 0 Å². The number of fused-ring (bicyclic) bond motifs is 1. The van der Waals surface area contributed by atoms with Crippen molar-refractivity contribution in [3.63, 3.8) is 0 Å². The minimum absolute atomic E-state index is 0. The number of halogens is 2. The van der Waals surface area contributed by atoms with Crippen LogP contribution in [0.3, 0.4) is 0 Å². The van der Waals surface area contributed by atoms with E-state index in [1.165, 1.54) is 5.56 Å². The summed E-state index contributed by atoms with van der Waals surface area (Å²) in [6.07, 6.45) is 5.30. The van der Waals surface area contributed by atoms with Gasteiger partial charge in [-0.1, -0.05) is 17.7 Å². The summed E-state index contributed by atoms with van der Waals surface area (Å²) in [6, 6.07) is 6.32. The average Bonchev–Trinajstić information content (AvgIpc) is 2.60. The first kappa shape index (κ1) is 13.0. The van der Waals surface area contributed by atoms with Crippen LogP contribution in [-0.4, -0.2) is 11.6 Å². The molecule has 1 spiro atoms. The minimum Gasteiger partial charge on any atom is -0.487 e. The van der Waals surface area contributed by atoms with Crippen molar-refractivity contribution in [1.82, 2.24) is 0 Å². The maximum absolute atomic E-state index is 6.12. The Kier molecular flexibility index (Phi) is 3.58. The molecule has 0 unspecified atom stereocenters. The van der Waals surface area contributed by atoms with E-state index in [9.17, 15) is 0 Å². The van der Waals surface area contributed by atoms with Crippen LogP contribution in [0, 0.1) is 0 Å². The van der Waals surface area contributed by atoms with Crippen molar-refractivity contribution >= 4 is 24.0 Å². The first-order chi connectivity index (χ1) is 7.67. The summed E-state index contributed by atoms with van der Waals surface area (Å²) in [5.41, 5.74) is 7.25. The molecule has 0 saturated heterocycles. The van der Waals surface area contributed by atoms with Gasteiger partial charge in [-0.2, -0.15) is 0 Å². The zero-order valence-electron chi connectivity index (χ0n) is 9.62. The minimum atomic E-state index is 0. The van der Waals surface area contributed by atoms with Gasteiger partial charge in [0.1, 0.15) is 11.4 Å². The van der Waals surface area contributed by atoms with Gasteiger partial charge in [-0.05, 0) is 43.4 Å². The highest BCUT2D eigenvalue weighted by atomic mass is 35.5. The zero-order chi connectivity index (χ0) is 11.2. The summed E-state index contributed by atoms with van der Waals surface area (Å²) >= 11 is 5.97. The van der Waals surface area contributed by atoms with Gasteiger partial charge in [-0.25, -0.2) is 0 Å². The fourth-order valence-electron chi connectivity index (χ4n) is 2.83. The van der Waals surface area contributed by atoms with Gasteiger partial charge in [0.05, 0.1) is 0 Å². The molecular formula is C13H17Cl2NO. The third-order valence-electron chi connectivity index (χ3n) is 3.81. The molecule has 1 aromatic rings. The molecular weight excluding hydrogens is 257 g/mol. The third kappa shape index (κ3) is 2.40. The van der Waals surface area contributed by atoms with Crippen molar-refractivity contribution in [2.75, 3.05) is 0 Å². The Bertz CT molecular complexity index is 414. The number of ether oxygens (including phenoxy) is 1. The summed E-state index contributed by atoms with van der Waals surface area (Å²) in [6.45, 7) is 0. The van der Waals surface area contributed by atoms with Gasteiger partial charge in [-0.3, -0.25) is 0 Å². The molecule has 1 heterocycles. The predicted molar refractivity (Wildman–Crippen MR) is 72.2 cm³/mol. The predicted octanol–water partition coefficient (Wildman–Crippen LogP) is 3.34. The molecule has 2 N–H and O–H groups in total. The molecule has 0 amide bonds. The summed E-state index contributed by atoms with van der Waals surface area (Å²) < 4.78 is 6.12. The van der Waals surface area contributed by atoms with Gasteiger partial charge in [0.15, 0.2) is 0 Å². The quantitative estimate of drug-likeness (QED) is 0.787. The van der Waals surface area contributed by atoms with Crippen LogP contribution < -0.4 is 10.5 Å². The largest absolute Gasteiger partial charge is 0.487 e. The van der Waals surface area contributed by atoms with E-state index in [0.29, 0.717) is 6.04 Å². The fourth-order valence-corrected chi connectivity index (χ4v) is 2.99. The molecule has 2 aliphatic rings. The van der Waals surface area contributed by atoms with E-state index in [0.717, 1.165) is 42.9 Å². The molecule has 1 aliphatic heterocycles. The Labute approximate surface area is 113 Å². The molecule has 1 fully saturated rings. The Morgan fingerprint density at radius 2 is 2.00 bits per heavy atom. The van der Waals surface area contributed by atoms with Crippen molar-refractivity contribution in [2.45, 2.75) is 43.7 Å². The van der Waals surface area contributed by atoms with Crippen molar-refractivity contribution in [3.8, 4) is 5.75 Å². The van der Waals surface area contributed by atoms with Gasteiger partial charge < -0.3 is 10.5 Å². The van der Waals surface area contributed by atoms with Gasteiger partial charge in [-0.15, -0.1) is 12.4 Å². The van der Waals surface area contributed by atoms with E-state index in [-0.39, 0.29) is 18.0 Å². The second-order valence-electron chi connectivity index (χ2n) is 5.05. The Hall–Kier alpha value is -0.440. The van der Waals surface area contributed by atoms with Crippen LogP contribution in [0.5, 0.6) is 5.75 Å². The Balaban J connectivity index is 0.00000108. The third-order valence-corrected chi connectivity index (χ3v) is 4.04. The smallest absolute Gasteiger partial charge is 0.124 e. The molecule has 0 atom stereocenters. The summed E-state index contributed by atoms with van der Waals surface area (Å²) in [5.74, 6) is 0.975. The van der Waals surface area contributed by atoms with E-state index in [1.54, 1.807) is 0 Å². The topological polar surface area (TPSA) is 35.2 Å². The maximum Gasteiger partial charge on any atom is 0.124 e. The number of hydrogen-bond donors (Lipinski definition) is 1. The van der Waals surface area contributed by atoms with Crippen molar-refractivity contribution < 1.29 is 4.74 Å². The lowest BCUT2D eigenvalue weighted by atomic mass is 9.80.